The van der Waals surface area contributed by atoms with Gasteiger partial charge in [0.15, 0.2) is 0 Å². The fourth-order valence-electron chi connectivity index (χ4n) is 0.810. The van der Waals surface area contributed by atoms with Crippen LogP contribution in [0.15, 0.2) is 9.37 Å². The molecule has 0 saturated heterocycles. The predicted octanol–water partition coefficient (Wildman–Crippen LogP) is 5.10. The van der Waals surface area contributed by atoms with E-state index in [-0.39, 0.29) is 0 Å². The summed E-state index contributed by atoms with van der Waals surface area (Å²) in [5.74, 6) is 6.57. The van der Waals surface area contributed by atoms with E-state index >= 15 is 0 Å². The van der Waals surface area contributed by atoms with Gasteiger partial charge in [-0.05, 0) is 0 Å². The van der Waals surface area contributed by atoms with Crippen LogP contribution in [-0.4, -0.2) is 19.9 Å². The van der Waals surface area contributed by atoms with Gasteiger partial charge in [-0.25, -0.2) is 0 Å². The number of hydrogen-bond acceptors (Lipinski definition) is 1. The molecule has 13 heavy (non-hydrogen) atoms. The third kappa shape index (κ3) is 5.13. The van der Waals surface area contributed by atoms with E-state index in [1.54, 1.807) is 0 Å². The molecule has 0 N–H and O–H groups in total. The van der Waals surface area contributed by atoms with E-state index in [4.69, 9.17) is 38.8 Å². The summed E-state index contributed by atoms with van der Waals surface area (Å²) in [5, 5.41) is 0.422. The Balaban J connectivity index is 4.89. The van der Waals surface area contributed by atoms with Gasteiger partial charge in [-0.3, -0.25) is 0 Å². The zero-order valence-corrected chi connectivity index (χ0v) is 13.5. The predicted molar refractivity (Wildman–Crippen MR) is 66.5 cm³/mol. The molecule has 0 spiro atoms. The number of hydrogen-bond donors (Lipinski definition) is 0. The molecule has 0 rings (SSSR count). The summed E-state index contributed by atoms with van der Waals surface area (Å²) in [6.07, 6.45) is 0. The molecule has 0 aliphatic rings. The SMILES string of the molecule is CCO/C(Cl)=[C](\P(Cl)Cl)[Ge]([CH3])([CH3])[CH3]. The van der Waals surface area contributed by atoms with E-state index in [0.717, 1.165) is 4.15 Å². The number of rotatable bonds is 4. The molecule has 0 unspecified atom stereocenters. The molecule has 0 saturated carbocycles. The summed E-state index contributed by atoms with van der Waals surface area (Å²) in [4.78, 5) is 0. The average Bonchev–Trinajstić information content (AvgIpc) is 1.82. The maximum absolute atomic E-state index is 5.98. The zero-order valence-electron chi connectivity index (χ0n) is 8.20. The second kappa shape index (κ2) is 6.07. The molecule has 6 heteroatoms. The van der Waals surface area contributed by atoms with Gasteiger partial charge < -0.3 is 0 Å². The van der Waals surface area contributed by atoms with Crippen LogP contribution in [0.5, 0.6) is 0 Å². The van der Waals surface area contributed by atoms with Crippen LogP contribution < -0.4 is 0 Å². The van der Waals surface area contributed by atoms with Crippen LogP contribution in [0.4, 0.5) is 0 Å². The Bertz CT molecular complexity index is 200. The maximum atomic E-state index is 5.98. The van der Waals surface area contributed by atoms with Gasteiger partial charge >= 0.3 is 98.9 Å². The first kappa shape index (κ1) is 14.4. The average molecular weight is 324 g/mol. The normalized spacial score (nSPS) is 14.5. The van der Waals surface area contributed by atoms with Gasteiger partial charge in [-0.2, -0.15) is 0 Å². The monoisotopic (exact) mass is 324 g/mol. The standard InChI is InChI=1S/C7H14Cl3GeOP/c1-5-12-6(8)7(13(9)10)11(2,3)4/h5H2,1-4H3/b7-6-. The van der Waals surface area contributed by atoms with E-state index in [0.29, 0.717) is 11.8 Å². The number of ether oxygens (including phenoxy) is 1. The second-order valence-electron chi connectivity index (χ2n) is 3.54. The molecule has 0 heterocycles. The summed E-state index contributed by atoms with van der Waals surface area (Å²) in [7, 11) is 0. The molecule has 0 aliphatic heterocycles. The molecule has 78 valence electrons. The van der Waals surface area contributed by atoms with E-state index in [9.17, 15) is 0 Å². The Labute approximate surface area is 98.4 Å². The van der Waals surface area contributed by atoms with Gasteiger partial charge in [-0.15, -0.1) is 0 Å². The molecule has 0 fully saturated rings. The van der Waals surface area contributed by atoms with E-state index in [1.165, 1.54) is 0 Å². The third-order valence-electron chi connectivity index (χ3n) is 1.34. The molecule has 1 nitrogen and oxygen atoms in total. The van der Waals surface area contributed by atoms with Crippen LogP contribution in [0.25, 0.3) is 0 Å². The Kier molecular flexibility index (Phi) is 6.72. The summed E-state index contributed by atoms with van der Waals surface area (Å²) in [5.41, 5.74) is 0. The molecule has 0 radical (unpaired) electrons. The molecule has 0 amide bonds. The molecule has 0 bridgehead atoms. The summed E-state index contributed by atoms with van der Waals surface area (Å²) in [6, 6.07) is 0. The van der Waals surface area contributed by atoms with Gasteiger partial charge in [0.2, 0.25) is 0 Å². The number of halogens is 3. The van der Waals surface area contributed by atoms with Crippen LogP contribution in [0, 0.1) is 0 Å². The van der Waals surface area contributed by atoms with Crippen molar-refractivity contribution < 1.29 is 4.74 Å². The molecule has 0 atom stereocenters. The second-order valence-corrected chi connectivity index (χ2v) is 18.7. The fourth-order valence-corrected chi connectivity index (χ4v) is 16.6. The van der Waals surface area contributed by atoms with Crippen molar-refractivity contribution in [2.24, 2.45) is 0 Å². The van der Waals surface area contributed by atoms with Gasteiger partial charge in [0.25, 0.3) is 0 Å². The van der Waals surface area contributed by atoms with E-state index in [2.05, 4.69) is 17.3 Å². The van der Waals surface area contributed by atoms with Crippen LogP contribution >= 0.6 is 40.7 Å². The molecule has 0 aromatic rings. The van der Waals surface area contributed by atoms with Crippen molar-refractivity contribution in [2.75, 3.05) is 6.61 Å². The molecule has 0 aromatic carbocycles. The Hall–Kier alpha value is 1.38. The Morgan fingerprint density at radius 3 is 2.00 bits per heavy atom. The third-order valence-corrected chi connectivity index (χ3v) is 13.8. The van der Waals surface area contributed by atoms with Gasteiger partial charge in [0.05, 0.1) is 0 Å². The van der Waals surface area contributed by atoms with Crippen molar-refractivity contribution in [1.29, 1.82) is 0 Å². The summed E-state index contributed by atoms with van der Waals surface area (Å²) < 4.78 is 6.20. The first-order valence-electron chi connectivity index (χ1n) is 3.95. The minimum atomic E-state index is -2.06. The topological polar surface area (TPSA) is 9.23 Å². The van der Waals surface area contributed by atoms with Crippen molar-refractivity contribution in [3.8, 4) is 0 Å². The van der Waals surface area contributed by atoms with Crippen molar-refractivity contribution >= 4 is 54.0 Å². The van der Waals surface area contributed by atoms with Crippen molar-refractivity contribution in [2.45, 2.75) is 24.2 Å². The molecular formula is C7H14Cl3GeOP. The van der Waals surface area contributed by atoms with E-state index < -0.39 is 19.9 Å². The van der Waals surface area contributed by atoms with Crippen LogP contribution in [0.1, 0.15) is 6.92 Å². The van der Waals surface area contributed by atoms with Gasteiger partial charge in [0.1, 0.15) is 0 Å². The van der Waals surface area contributed by atoms with Crippen molar-refractivity contribution in [3.05, 3.63) is 9.37 Å². The van der Waals surface area contributed by atoms with Crippen LogP contribution in [0.2, 0.25) is 17.3 Å². The quantitative estimate of drug-likeness (QED) is 0.397. The Morgan fingerprint density at radius 1 is 1.31 bits per heavy atom. The minimum absolute atomic E-state index is 0.422. The molecule has 0 aliphatic carbocycles. The summed E-state index contributed by atoms with van der Waals surface area (Å²) in [6.45, 7) is 1.29. The first-order valence-corrected chi connectivity index (χ1v) is 14.8. The first-order chi connectivity index (χ1) is 5.80. The van der Waals surface area contributed by atoms with Gasteiger partial charge in [-0.1, -0.05) is 0 Å². The molecular weight excluding hydrogens is 310 g/mol. The van der Waals surface area contributed by atoms with Crippen molar-refractivity contribution in [1.82, 2.24) is 0 Å². The van der Waals surface area contributed by atoms with E-state index in [1.807, 2.05) is 6.92 Å². The Morgan fingerprint density at radius 2 is 1.77 bits per heavy atom. The fraction of sp³-hybridized carbons (Fsp3) is 0.714. The zero-order chi connectivity index (χ0) is 10.6. The molecule has 0 aromatic heterocycles. The van der Waals surface area contributed by atoms with Gasteiger partial charge in [0, 0.05) is 0 Å². The summed E-state index contributed by atoms with van der Waals surface area (Å²) >= 11 is 15.7. The van der Waals surface area contributed by atoms with Crippen molar-refractivity contribution in [3.63, 3.8) is 0 Å². The van der Waals surface area contributed by atoms with Crippen LogP contribution in [0.3, 0.4) is 0 Å². The van der Waals surface area contributed by atoms with Crippen LogP contribution in [-0.2, 0) is 4.74 Å².